The Balaban J connectivity index is 2.02. The van der Waals surface area contributed by atoms with Crippen molar-refractivity contribution >= 4 is 34.9 Å². The number of anilines is 1. The number of halogens is 2. The fourth-order valence-electron chi connectivity index (χ4n) is 1.93. The first kappa shape index (κ1) is 15.7. The van der Waals surface area contributed by atoms with Crippen molar-refractivity contribution in [2.45, 2.75) is 19.4 Å². The molecule has 0 spiro atoms. The van der Waals surface area contributed by atoms with E-state index < -0.39 is 11.9 Å². The molecule has 2 N–H and O–H groups in total. The molecule has 21 heavy (non-hydrogen) atoms. The highest BCUT2D eigenvalue weighted by Gasteiger charge is 2.12. The number of hydrogen-bond acceptors (Lipinski definition) is 2. The highest BCUT2D eigenvalue weighted by molar-refractivity contribution is 6.35. The second-order valence-electron chi connectivity index (χ2n) is 4.81. The van der Waals surface area contributed by atoms with Gasteiger partial charge in [0.1, 0.15) is 0 Å². The Morgan fingerprint density at radius 1 is 1.14 bits per heavy atom. The van der Waals surface area contributed by atoms with Crippen molar-refractivity contribution in [3.8, 4) is 0 Å². The summed E-state index contributed by atoms with van der Waals surface area (Å²) >= 11 is 11.9. The summed E-state index contributed by atoms with van der Waals surface area (Å²) in [5.41, 5.74) is 2.68. The van der Waals surface area contributed by atoms with E-state index in [9.17, 15) is 4.79 Å². The third kappa shape index (κ3) is 4.38. The summed E-state index contributed by atoms with van der Waals surface area (Å²) in [6.07, 6.45) is 0. The fourth-order valence-corrected chi connectivity index (χ4v) is 2.45. The average molecular weight is 324 g/mol. The van der Waals surface area contributed by atoms with Gasteiger partial charge in [0.2, 0.25) is 0 Å². The second kappa shape index (κ2) is 6.83. The van der Waals surface area contributed by atoms with Gasteiger partial charge in [-0.2, -0.15) is 0 Å². The maximum absolute atomic E-state index is 10.9. The van der Waals surface area contributed by atoms with Gasteiger partial charge in [0.25, 0.3) is 0 Å². The average Bonchev–Trinajstić information content (AvgIpc) is 2.44. The molecule has 3 nitrogen and oxygen atoms in total. The minimum absolute atomic E-state index is 0.501. The Labute approximate surface area is 133 Å². The van der Waals surface area contributed by atoms with Crippen LogP contribution < -0.4 is 5.32 Å². The number of hydrogen-bond donors (Lipinski definition) is 2. The molecule has 110 valence electrons. The number of rotatable bonds is 5. The predicted octanol–water partition coefficient (Wildman–Crippen LogP) is 4.79. The quantitative estimate of drug-likeness (QED) is 0.831. The van der Waals surface area contributed by atoms with Crippen molar-refractivity contribution in [3.63, 3.8) is 0 Å². The van der Waals surface area contributed by atoms with Crippen LogP contribution in [0.25, 0.3) is 0 Å². The van der Waals surface area contributed by atoms with Crippen molar-refractivity contribution in [2.24, 2.45) is 0 Å². The smallest absolute Gasteiger partial charge is 0.310 e. The van der Waals surface area contributed by atoms with E-state index in [1.807, 2.05) is 24.3 Å². The SMILES string of the molecule is CC(C(=O)O)c1ccc(CNc2cc(Cl)cc(Cl)c2)cc1. The van der Waals surface area contributed by atoms with Gasteiger partial charge in [0, 0.05) is 22.3 Å². The van der Waals surface area contributed by atoms with Gasteiger partial charge in [-0.05, 0) is 36.2 Å². The molecule has 0 aliphatic rings. The van der Waals surface area contributed by atoms with Gasteiger partial charge in [-0.1, -0.05) is 47.5 Å². The van der Waals surface area contributed by atoms with E-state index in [0.29, 0.717) is 16.6 Å². The van der Waals surface area contributed by atoms with E-state index >= 15 is 0 Å². The molecule has 1 atom stereocenters. The third-order valence-corrected chi connectivity index (χ3v) is 3.65. The minimum Gasteiger partial charge on any atom is -0.481 e. The predicted molar refractivity (Wildman–Crippen MR) is 86.3 cm³/mol. The molecular formula is C16H15Cl2NO2. The lowest BCUT2D eigenvalue weighted by Crippen LogP contribution is -2.07. The molecule has 0 saturated heterocycles. The Morgan fingerprint density at radius 2 is 1.71 bits per heavy atom. The van der Waals surface area contributed by atoms with Gasteiger partial charge >= 0.3 is 5.97 Å². The highest BCUT2D eigenvalue weighted by Crippen LogP contribution is 2.23. The Bertz CT molecular complexity index is 621. The van der Waals surface area contributed by atoms with E-state index in [-0.39, 0.29) is 0 Å². The van der Waals surface area contributed by atoms with Crippen molar-refractivity contribution in [1.82, 2.24) is 0 Å². The molecule has 2 aromatic carbocycles. The van der Waals surface area contributed by atoms with Crippen molar-refractivity contribution in [3.05, 3.63) is 63.6 Å². The fraction of sp³-hybridized carbons (Fsp3) is 0.188. The van der Waals surface area contributed by atoms with Gasteiger partial charge in [-0.3, -0.25) is 4.79 Å². The van der Waals surface area contributed by atoms with E-state index in [0.717, 1.165) is 16.8 Å². The van der Waals surface area contributed by atoms with Crippen LogP contribution >= 0.6 is 23.2 Å². The second-order valence-corrected chi connectivity index (χ2v) is 5.69. The van der Waals surface area contributed by atoms with E-state index in [1.54, 1.807) is 25.1 Å². The number of carboxylic acids is 1. The summed E-state index contributed by atoms with van der Waals surface area (Å²) in [5.74, 6) is -1.33. The van der Waals surface area contributed by atoms with Gasteiger partial charge in [-0.25, -0.2) is 0 Å². The molecule has 0 amide bonds. The number of nitrogens with one attached hydrogen (secondary N) is 1. The van der Waals surface area contributed by atoms with E-state index in [2.05, 4.69) is 5.32 Å². The summed E-state index contributed by atoms with van der Waals surface area (Å²) < 4.78 is 0. The van der Waals surface area contributed by atoms with Gasteiger partial charge in [0.15, 0.2) is 0 Å². The van der Waals surface area contributed by atoms with Gasteiger partial charge < -0.3 is 10.4 Å². The molecule has 0 heterocycles. The minimum atomic E-state index is -0.825. The van der Waals surface area contributed by atoms with Crippen LogP contribution in [0.5, 0.6) is 0 Å². The van der Waals surface area contributed by atoms with Crippen LogP contribution in [0, 0.1) is 0 Å². The van der Waals surface area contributed by atoms with Crippen molar-refractivity contribution in [1.29, 1.82) is 0 Å². The normalized spacial score (nSPS) is 12.0. The summed E-state index contributed by atoms with van der Waals surface area (Å²) in [6, 6.07) is 12.8. The van der Waals surface area contributed by atoms with Crippen LogP contribution in [-0.4, -0.2) is 11.1 Å². The molecule has 0 aliphatic carbocycles. The lowest BCUT2D eigenvalue weighted by molar-refractivity contribution is -0.138. The lowest BCUT2D eigenvalue weighted by Gasteiger charge is -2.10. The molecule has 2 rings (SSSR count). The first-order valence-electron chi connectivity index (χ1n) is 6.47. The summed E-state index contributed by atoms with van der Waals surface area (Å²) in [5, 5.41) is 13.4. The Kier molecular flexibility index (Phi) is 5.10. The summed E-state index contributed by atoms with van der Waals surface area (Å²) in [6.45, 7) is 2.28. The molecular weight excluding hydrogens is 309 g/mol. The zero-order valence-corrected chi connectivity index (χ0v) is 12.9. The van der Waals surface area contributed by atoms with Crippen LogP contribution in [0.4, 0.5) is 5.69 Å². The summed E-state index contributed by atoms with van der Waals surface area (Å²) in [4.78, 5) is 10.9. The lowest BCUT2D eigenvalue weighted by atomic mass is 10.00. The highest BCUT2D eigenvalue weighted by atomic mass is 35.5. The molecule has 0 fully saturated rings. The first-order chi connectivity index (χ1) is 9.95. The molecule has 0 saturated carbocycles. The van der Waals surface area contributed by atoms with E-state index in [4.69, 9.17) is 28.3 Å². The standard InChI is InChI=1S/C16H15Cl2NO2/c1-10(16(20)21)12-4-2-11(3-5-12)9-19-15-7-13(17)6-14(18)8-15/h2-8,10,19H,9H2,1H3,(H,20,21). The monoisotopic (exact) mass is 323 g/mol. The zero-order valence-electron chi connectivity index (χ0n) is 11.4. The first-order valence-corrected chi connectivity index (χ1v) is 7.23. The molecule has 0 radical (unpaired) electrons. The third-order valence-electron chi connectivity index (χ3n) is 3.21. The van der Waals surface area contributed by atoms with Crippen molar-refractivity contribution < 1.29 is 9.90 Å². The molecule has 5 heteroatoms. The largest absolute Gasteiger partial charge is 0.481 e. The number of benzene rings is 2. The zero-order chi connectivity index (χ0) is 15.4. The molecule has 2 aromatic rings. The molecule has 0 bridgehead atoms. The van der Waals surface area contributed by atoms with Crippen LogP contribution in [0.3, 0.4) is 0 Å². The number of carboxylic acid groups (broad SMARTS) is 1. The number of carbonyl (C=O) groups is 1. The van der Waals surface area contributed by atoms with Crippen LogP contribution in [0.1, 0.15) is 24.0 Å². The van der Waals surface area contributed by atoms with Gasteiger partial charge in [0.05, 0.1) is 5.92 Å². The molecule has 0 aliphatic heterocycles. The van der Waals surface area contributed by atoms with Crippen LogP contribution in [-0.2, 0) is 11.3 Å². The van der Waals surface area contributed by atoms with Crippen LogP contribution in [0.2, 0.25) is 10.0 Å². The molecule has 1 unspecified atom stereocenters. The van der Waals surface area contributed by atoms with Crippen molar-refractivity contribution in [2.75, 3.05) is 5.32 Å². The Morgan fingerprint density at radius 3 is 2.24 bits per heavy atom. The van der Waals surface area contributed by atoms with Gasteiger partial charge in [-0.15, -0.1) is 0 Å². The molecule has 0 aromatic heterocycles. The van der Waals surface area contributed by atoms with E-state index in [1.165, 1.54) is 0 Å². The summed E-state index contributed by atoms with van der Waals surface area (Å²) in [7, 11) is 0. The number of aliphatic carboxylic acids is 1. The Hall–Kier alpha value is -1.71. The maximum atomic E-state index is 10.9. The van der Waals surface area contributed by atoms with Crippen LogP contribution in [0.15, 0.2) is 42.5 Å². The maximum Gasteiger partial charge on any atom is 0.310 e. The topological polar surface area (TPSA) is 49.3 Å².